The summed E-state index contributed by atoms with van der Waals surface area (Å²) in [7, 11) is 4.00. The topological polar surface area (TPSA) is 35.9 Å². The number of anilines is 2. The van der Waals surface area contributed by atoms with E-state index in [1.807, 2.05) is 110 Å². The Morgan fingerprint density at radius 1 is 0.821 bits per heavy atom. The zero-order chi connectivity index (χ0) is 19.5. The lowest BCUT2D eigenvalue weighted by Gasteiger charge is -2.18. The molecule has 0 fully saturated rings. The maximum absolute atomic E-state index is 13.2. The van der Waals surface area contributed by atoms with Crippen LogP contribution in [0.2, 0.25) is 0 Å². The number of amides is 1. The highest BCUT2D eigenvalue weighted by Gasteiger charge is 2.32. The van der Waals surface area contributed by atoms with E-state index in [1.54, 1.807) is 4.90 Å². The second-order valence-electron chi connectivity index (χ2n) is 6.79. The molecule has 1 heterocycles. The molecule has 3 aromatic rings. The van der Waals surface area contributed by atoms with Crippen LogP contribution in [0, 0.1) is 0 Å². The van der Waals surface area contributed by atoms with E-state index in [-0.39, 0.29) is 5.91 Å². The molecule has 0 saturated carbocycles. The number of para-hydroxylation sites is 1. The van der Waals surface area contributed by atoms with Gasteiger partial charge in [0, 0.05) is 25.3 Å². The predicted octanol–water partition coefficient (Wildman–Crippen LogP) is 4.59. The van der Waals surface area contributed by atoms with Gasteiger partial charge < -0.3 is 4.90 Å². The molecule has 28 heavy (non-hydrogen) atoms. The molecule has 0 spiro atoms. The van der Waals surface area contributed by atoms with Gasteiger partial charge in [-0.25, -0.2) is 4.99 Å². The zero-order valence-corrected chi connectivity index (χ0v) is 15.9. The average molecular weight is 367 g/mol. The lowest BCUT2D eigenvalue weighted by molar-refractivity contribution is -0.113. The number of aliphatic imine (C=N–C) groups is 1. The minimum atomic E-state index is -0.123. The van der Waals surface area contributed by atoms with E-state index < -0.39 is 0 Å². The number of hydrogen-bond donors (Lipinski definition) is 0. The molecule has 0 bridgehead atoms. The fourth-order valence-electron chi connectivity index (χ4n) is 3.14. The summed E-state index contributed by atoms with van der Waals surface area (Å²) in [6.45, 7) is 0. The molecule has 4 rings (SSSR count). The Labute approximate surface area is 165 Å². The fraction of sp³-hybridized carbons (Fsp3) is 0.0833. The van der Waals surface area contributed by atoms with Crippen molar-refractivity contribution in [1.82, 2.24) is 0 Å². The van der Waals surface area contributed by atoms with E-state index in [9.17, 15) is 4.79 Å². The molecule has 3 aromatic carbocycles. The lowest BCUT2D eigenvalue weighted by atomic mass is 10.1. The molecule has 0 unspecified atom stereocenters. The number of nitrogens with zero attached hydrogens (tertiary/aromatic N) is 3. The van der Waals surface area contributed by atoms with Gasteiger partial charge >= 0.3 is 0 Å². The van der Waals surface area contributed by atoms with E-state index in [1.165, 1.54) is 0 Å². The largest absolute Gasteiger partial charge is 0.378 e. The van der Waals surface area contributed by atoms with Gasteiger partial charge in [0.15, 0.2) is 0 Å². The van der Waals surface area contributed by atoms with Crippen LogP contribution in [0.15, 0.2) is 95.6 Å². The maximum Gasteiger partial charge on any atom is 0.282 e. The van der Waals surface area contributed by atoms with Crippen molar-refractivity contribution in [2.75, 3.05) is 23.9 Å². The first-order valence-corrected chi connectivity index (χ1v) is 9.16. The van der Waals surface area contributed by atoms with Crippen LogP contribution in [0.5, 0.6) is 0 Å². The Morgan fingerprint density at radius 3 is 2.04 bits per heavy atom. The molecule has 4 heteroatoms. The van der Waals surface area contributed by atoms with Crippen molar-refractivity contribution in [3.05, 3.63) is 102 Å². The van der Waals surface area contributed by atoms with Crippen LogP contribution in [0.3, 0.4) is 0 Å². The highest BCUT2D eigenvalue weighted by molar-refractivity contribution is 6.33. The Bertz CT molecular complexity index is 1040. The van der Waals surface area contributed by atoms with Crippen molar-refractivity contribution in [3.8, 4) is 0 Å². The molecule has 0 N–H and O–H groups in total. The summed E-state index contributed by atoms with van der Waals surface area (Å²) in [5.74, 6) is 0.523. The predicted molar refractivity (Wildman–Crippen MR) is 116 cm³/mol. The molecular weight excluding hydrogens is 346 g/mol. The number of carbonyl (C=O) groups is 1. The van der Waals surface area contributed by atoms with Crippen LogP contribution in [0.1, 0.15) is 11.1 Å². The van der Waals surface area contributed by atoms with E-state index in [0.29, 0.717) is 11.5 Å². The minimum Gasteiger partial charge on any atom is -0.378 e. The van der Waals surface area contributed by atoms with Crippen molar-refractivity contribution >= 4 is 29.2 Å². The summed E-state index contributed by atoms with van der Waals surface area (Å²) in [4.78, 5) is 21.6. The minimum absolute atomic E-state index is 0.123. The van der Waals surface area contributed by atoms with Gasteiger partial charge in [-0.2, -0.15) is 0 Å². The summed E-state index contributed by atoms with van der Waals surface area (Å²) >= 11 is 0. The van der Waals surface area contributed by atoms with Gasteiger partial charge in [0.05, 0.1) is 5.69 Å². The van der Waals surface area contributed by atoms with Gasteiger partial charge in [0.2, 0.25) is 0 Å². The van der Waals surface area contributed by atoms with Crippen LogP contribution in [0.4, 0.5) is 11.4 Å². The van der Waals surface area contributed by atoms with Crippen molar-refractivity contribution in [2.45, 2.75) is 0 Å². The molecule has 0 aliphatic carbocycles. The van der Waals surface area contributed by atoms with Crippen LogP contribution in [0.25, 0.3) is 6.08 Å². The normalized spacial score (nSPS) is 15.1. The lowest BCUT2D eigenvalue weighted by Crippen LogP contribution is -2.32. The number of rotatable bonds is 4. The number of carbonyl (C=O) groups excluding carboxylic acids is 1. The quantitative estimate of drug-likeness (QED) is 0.633. The first kappa shape index (κ1) is 17.7. The van der Waals surface area contributed by atoms with Crippen molar-refractivity contribution in [3.63, 3.8) is 0 Å². The molecule has 0 saturated heterocycles. The summed E-state index contributed by atoms with van der Waals surface area (Å²) in [6.07, 6.45) is 1.84. The third-order valence-electron chi connectivity index (χ3n) is 4.62. The summed E-state index contributed by atoms with van der Waals surface area (Å²) in [6, 6.07) is 27.5. The maximum atomic E-state index is 13.2. The standard InChI is InChI=1S/C24H21N3O/c1-26(2)20-15-13-18(14-16-20)17-22-24(28)27(21-11-7-4-8-12-21)23(25-22)19-9-5-3-6-10-19/h3-17H,1-2H3/b22-17+. The molecule has 1 aliphatic heterocycles. The molecule has 4 nitrogen and oxygen atoms in total. The van der Waals surface area contributed by atoms with Crippen LogP contribution in [-0.2, 0) is 4.79 Å². The number of amidine groups is 1. The van der Waals surface area contributed by atoms with E-state index in [2.05, 4.69) is 0 Å². The second kappa shape index (κ2) is 7.53. The van der Waals surface area contributed by atoms with Crippen LogP contribution in [-0.4, -0.2) is 25.8 Å². The van der Waals surface area contributed by atoms with Gasteiger partial charge in [-0.05, 0) is 35.9 Å². The van der Waals surface area contributed by atoms with Gasteiger partial charge in [-0.15, -0.1) is 0 Å². The zero-order valence-electron chi connectivity index (χ0n) is 15.9. The van der Waals surface area contributed by atoms with Crippen molar-refractivity contribution in [1.29, 1.82) is 0 Å². The molecular formula is C24H21N3O. The second-order valence-corrected chi connectivity index (χ2v) is 6.79. The summed E-state index contributed by atoms with van der Waals surface area (Å²) < 4.78 is 0. The van der Waals surface area contributed by atoms with E-state index in [4.69, 9.17) is 4.99 Å². The van der Waals surface area contributed by atoms with Crippen molar-refractivity contribution in [2.24, 2.45) is 4.99 Å². The highest BCUT2D eigenvalue weighted by Crippen LogP contribution is 2.28. The SMILES string of the molecule is CN(C)c1ccc(/C=C2/N=C(c3ccccc3)N(c3ccccc3)C2=O)cc1. The van der Waals surface area contributed by atoms with Crippen LogP contribution >= 0.6 is 0 Å². The molecule has 0 radical (unpaired) electrons. The number of hydrogen-bond acceptors (Lipinski definition) is 3. The molecule has 138 valence electrons. The Kier molecular flexibility index (Phi) is 4.77. The molecule has 0 atom stereocenters. The van der Waals surface area contributed by atoms with E-state index in [0.717, 1.165) is 22.5 Å². The Morgan fingerprint density at radius 2 is 1.43 bits per heavy atom. The third-order valence-corrected chi connectivity index (χ3v) is 4.62. The summed E-state index contributed by atoms with van der Waals surface area (Å²) in [5, 5.41) is 0. The molecule has 0 aromatic heterocycles. The monoisotopic (exact) mass is 367 g/mol. The van der Waals surface area contributed by atoms with Gasteiger partial charge in [-0.1, -0.05) is 60.7 Å². The Balaban J connectivity index is 1.76. The fourth-order valence-corrected chi connectivity index (χ4v) is 3.14. The first-order valence-electron chi connectivity index (χ1n) is 9.16. The molecule has 1 amide bonds. The van der Waals surface area contributed by atoms with Gasteiger partial charge in [-0.3, -0.25) is 9.69 Å². The van der Waals surface area contributed by atoms with Gasteiger partial charge in [0.25, 0.3) is 5.91 Å². The van der Waals surface area contributed by atoms with Crippen LogP contribution < -0.4 is 9.80 Å². The summed E-state index contributed by atoms with van der Waals surface area (Å²) in [5.41, 5.74) is 4.20. The molecule has 1 aliphatic rings. The van der Waals surface area contributed by atoms with Crippen molar-refractivity contribution < 1.29 is 4.79 Å². The first-order chi connectivity index (χ1) is 13.6. The third kappa shape index (κ3) is 3.45. The average Bonchev–Trinajstić information content (AvgIpc) is 3.06. The smallest absolute Gasteiger partial charge is 0.282 e. The highest BCUT2D eigenvalue weighted by atomic mass is 16.2. The Hall–Kier alpha value is -3.66. The van der Waals surface area contributed by atoms with E-state index >= 15 is 0 Å². The number of benzene rings is 3. The van der Waals surface area contributed by atoms with Gasteiger partial charge in [0.1, 0.15) is 11.5 Å².